The van der Waals surface area contributed by atoms with Crippen molar-refractivity contribution in [3.63, 3.8) is 0 Å². The summed E-state index contributed by atoms with van der Waals surface area (Å²) < 4.78 is 34.0. The molecule has 1 amide bonds. The van der Waals surface area contributed by atoms with Crippen molar-refractivity contribution in [1.29, 1.82) is 0 Å². The van der Waals surface area contributed by atoms with Gasteiger partial charge >= 0.3 is 5.97 Å². The molecule has 1 aliphatic heterocycles. The number of sulfonamides is 1. The summed E-state index contributed by atoms with van der Waals surface area (Å²) in [6.45, 7) is 4.65. The minimum Gasteiger partial charge on any atom is -0.481 e. The third kappa shape index (κ3) is 5.83. The van der Waals surface area contributed by atoms with Gasteiger partial charge in [-0.2, -0.15) is 0 Å². The van der Waals surface area contributed by atoms with Crippen molar-refractivity contribution < 1.29 is 27.9 Å². The number of carboxylic acid groups (broad SMARTS) is 1. The number of carboxylic acids is 1. The van der Waals surface area contributed by atoms with Crippen LogP contribution in [0, 0.1) is 0 Å². The molecule has 2 unspecified atom stereocenters. The molecule has 0 spiro atoms. The molecule has 2 aromatic carbocycles. The molecule has 8 nitrogen and oxygen atoms in total. The standard InChI is InChI=1S/C22H26N2O6S/c1-15-13-24(14-16(2)30-15)22(27)19-5-3-4-6-20(19)23-31(28,29)18-10-7-17(8-11-18)9-12-21(25)26/h3-8,10-11,15-16,23H,9,12-14H2,1-2H3,(H,25,26). The van der Waals surface area contributed by atoms with Gasteiger partial charge in [-0.3, -0.25) is 14.3 Å². The maximum atomic E-state index is 13.1. The highest BCUT2D eigenvalue weighted by molar-refractivity contribution is 7.92. The Morgan fingerprint density at radius 2 is 1.68 bits per heavy atom. The Morgan fingerprint density at radius 1 is 1.06 bits per heavy atom. The van der Waals surface area contributed by atoms with Crippen LogP contribution in [0.4, 0.5) is 5.69 Å². The Hall–Kier alpha value is -2.91. The van der Waals surface area contributed by atoms with Crippen molar-refractivity contribution in [3.05, 3.63) is 59.7 Å². The molecule has 3 rings (SSSR count). The number of amides is 1. The maximum absolute atomic E-state index is 13.1. The van der Waals surface area contributed by atoms with Gasteiger partial charge in [0, 0.05) is 19.5 Å². The largest absolute Gasteiger partial charge is 0.481 e. The molecule has 2 aromatic rings. The monoisotopic (exact) mass is 446 g/mol. The first-order chi connectivity index (χ1) is 14.7. The van der Waals surface area contributed by atoms with Gasteiger partial charge in [-0.1, -0.05) is 24.3 Å². The van der Waals surface area contributed by atoms with E-state index in [4.69, 9.17) is 9.84 Å². The summed E-state index contributed by atoms with van der Waals surface area (Å²) in [6, 6.07) is 12.5. The SMILES string of the molecule is CC1CN(C(=O)c2ccccc2NS(=O)(=O)c2ccc(CCC(=O)O)cc2)CC(C)O1. The average Bonchev–Trinajstić information content (AvgIpc) is 2.71. The van der Waals surface area contributed by atoms with Crippen LogP contribution in [0.1, 0.15) is 36.2 Å². The van der Waals surface area contributed by atoms with Crippen LogP contribution in [-0.2, 0) is 26.0 Å². The molecule has 1 fully saturated rings. The lowest BCUT2D eigenvalue weighted by atomic mass is 10.1. The number of para-hydroxylation sites is 1. The molecule has 9 heteroatoms. The number of morpholine rings is 1. The van der Waals surface area contributed by atoms with E-state index in [1.165, 1.54) is 12.1 Å². The van der Waals surface area contributed by atoms with Gasteiger partial charge in [0.15, 0.2) is 0 Å². The van der Waals surface area contributed by atoms with Crippen LogP contribution in [0.25, 0.3) is 0 Å². The zero-order valence-electron chi connectivity index (χ0n) is 17.4. The van der Waals surface area contributed by atoms with Gasteiger partial charge in [0.2, 0.25) is 0 Å². The Bertz CT molecular complexity index is 1040. The van der Waals surface area contributed by atoms with E-state index in [1.807, 2.05) is 13.8 Å². The summed E-state index contributed by atoms with van der Waals surface area (Å²) in [5.41, 5.74) is 1.20. The molecule has 1 aliphatic rings. The summed E-state index contributed by atoms with van der Waals surface area (Å²) in [5.74, 6) is -1.17. The smallest absolute Gasteiger partial charge is 0.303 e. The molecule has 31 heavy (non-hydrogen) atoms. The second-order valence-corrected chi connectivity index (χ2v) is 9.34. The normalized spacial score (nSPS) is 19.1. The fraction of sp³-hybridized carbons (Fsp3) is 0.364. The molecule has 0 saturated carbocycles. The molecule has 0 aromatic heterocycles. The predicted molar refractivity (Wildman–Crippen MR) is 116 cm³/mol. The first kappa shape index (κ1) is 22.8. The highest BCUT2D eigenvalue weighted by Gasteiger charge is 2.28. The van der Waals surface area contributed by atoms with E-state index in [-0.39, 0.29) is 40.7 Å². The second-order valence-electron chi connectivity index (χ2n) is 7.66. The molecule has 166 valence electrons. The Labute approximate surface area is 181 Å². The van der Waals surface area contributed by atoms with Crippen molar-refractivity contribution >= 4 is 27.6 Å². The van der Waals surface area contributed by atoms with E-state index in [0.29, 0.717) is 19.5 Å². The number of carbonyl (C=O) groups excluding carboxylic acids is 1. The van der Waals surface area contributed by atoms with Crippen molar-refractivity contribution in [2.24, 2.45) is 0 Å². The number of hydrogen-bond acceptors (Lipinski definition) is 5. The summed E-state index contributed by atoms with van der Waals surface area (Å²) in [6.07, 6.45) is 0.0856. The van der Waals surface area contributed by atoms with Crippen LogP contribution in [0.5, 0.6) is 0 Å². The first-order valence-corrected chi connectivity index (χ1v) is 11.5. The van der Waals surface area contributed by atoms with Crippen LogP contribution in [-0.4, -0.2) is 55.6 Å². The number of aliphatic carboxylic acids is 1. The third-order valence-electron chi connectivity index (χ3n) is 4.97. The number of nitrogens with one attached hydrogen (secondary N) is 1. The molecule has 1 saturated heterocycles. The van der Waals surface area contributed by atoms with Crippen LogP contribution >= 0.6 is 0 Å². The van der Waals surface area contributed by atoms with Gasteiger partial charge < -0.3 is 14.7 Å². The lowest BCUT2D eigenvalue weighted by molar-refractivity contribution is -0.136. The van der Waals surface area contributed by atoms with Gasteiger partial charge in [-0.05, 0) is 50.1 Å². The number of hydrogen-bond donors (Lipinski definition) is 2. The minimum atomic E-state index is -3.93. The number of carbonyl (C=O) groups is 2. The number of rotatable bonds is 7. The molecule has 0 aliphatic carbocycles. The van der Waals surface area contributed by atoms with Crippen LogP contribution in [0.2, 0.25) is 0 Å². The fourth-order valence-corrected chi connectivity index (χ4v) is 4.64. The Morgan fingerprint density at radius 3 is 2.29 bits per heavy atom. The lowest BCUT2D eigenvalue weighted by Gasteiger charge is -2.35. The molecule has 1 heterocycles. The van der Waals surface area contributed by atoms with Gasteiger partial charge in [0.1, 0.15) is 0 Å². The number of anilines is 1. The first-order valence-electron chi connectivity index (χ1n) is 10.0. The lowest BCUT2D eigenvalue weighted by Crippen LogP contribution is -2.48. The quantitative estimate of drug-likeness (QED) is 0.676. The minimum absolute atomic E-state index is 0.0292. The van der Waals surface area contributed by atoms with E-state index in [0.717, 1.165) is 5.56 Å². The van der Waals surface area contributed by atoms with E-state index >= 15 is 0 Å². The summed E-state index contributed by atoms with van der Waals surface area (Å²) in [4.78, 5) is 25.5. The zero-order valence-corrected chi connectivity index (χ0v) is 18.3. The fourth-order valence-electron chi connectivity index (χ4n) is 3.56. The van der Waals surface area contributed by atoms with Gasteiger partial charge in [-0.15, -0.1) is 0 Å². The molecular formula is C22H26N2O6S. The van der Waals surface area contributed by atoms with Crippen molar-refractivity contribution in [2.45, 2.75) is 43.8 Å². The molecule has 2 atom stereocenters. The summed E-state index contributed by atoms with van der Waals surface area (Å²) in [5, 5.41) is 8.77. The van der Waals surface area contributed by atoms with Crippen molar-refractivity contribution in [1.82, 2.24) is 4.90 Å². The highest BCUT2D eigenvalue weighted by Crippen LogP contribution is 2.23. The molecule has 0 bridgehead atoms. The maximum Gasteiger partial charge on any atom is 0.303 e. The average molecular weight is 447 g/mol. The van der Waals surface area contributed by atoms with Crippen LogP contribution < -0.4 is 4.72 Å². The molecular weight excluding hydrogens is 420 g/mol. The summed E-state index contributed by atoms with van der Waals surface area (Å²) >= 11 is 0. The molecule has 0 radical (unpaired) electrons. The third-order valence-corrected chi connectivity index (χ3v) is 6.35. The van der Waals surface area contributed by atoms with E-state index < -0.39 is 16.0 Å². The van der Waals surface area contributed by atoms with Gasteiger partial charge in [0.25, 0.3) is 15.9 Å². The van der Waals surface area contributed by atoms with E-state index in [1.54, 1.807) is 41.3 Å². The zero-order chi connectivity index (χ0) is 22.6. The summed E-state index contributed by atoms with van der Waals surface area (Å²) in [7, 11) is -3.93. The number of benzene rings is 2. The van der Waals surface area contributed by atoms with Crippen LogP contribution in [0.15, 0.2) is 53.4 Å². The van der Waals surface area contributed by atoms with Crippen molar-refractivity contribution in [2.75, 3.05) is 17.8 Å². The van der Waals surface area contributed by atoms with E-state index in [2.05, 4.69) is 4.72 Å². The topological polar surface area (TPSA) is 113 Å². The predicted octanol–water partition coefficient (Wildman–Crippen LogP) is 2.75. The Kier molecular flexibility index (Phi) is 6.97. The highest BCUT2D eigenvalue weighted by atomic mass is 32.2. The molecule has 2 N–H and O–H groups in total. The van der Waals surface area contributed by atoms with Crippen LogP contribution in [0.3, 0.4) is 0 Å². The van der Waals surface area contributed by atoms with Gasteiger partial charge in [0.05, 0.1) is 28.4 Å². The van der Waals surface area contributed by atoms with Crippen molar-refractivity contribution in [3.8, 4) is 0 Å². The number of ether oxygens (including phenoxy) is 1. The number of nitrogens with zero attached hydrogens (tertiary/aromatic N) is 1. The van der Waals surface area contributed by atoms with E-state index in [9.17, 15) is 18.0 Å². The second kappa shape index (κ2) is 9.49. The number of aryl methyl sites for hydroxylation is 1. The Balaban J connectivity index is 1.79. The van der Waals surface area contributed by atoms with Gasteiger partial charge in [-0.25, -0.2) is 8.42 Å².